The maximum absolute atomic E-state index is 13.0. The highest BCUT2D eigenvalue weighted by molar-refractivity contribution is 7.17. The zero-order chi connectivity index (χ0) is 23.7. The van der Waals surface area contributed by atoms with E-state index in [1.54, 1.807) is 26.4 Å². The molecule has 0 saturated heterocycles. The molecule has 0 radical (unpaired) electrons. The molecular formula is C24H30N2O6S. The van der Waals surface area contributed by atoms with Crippen molar-refractivity contribution in [1.82, 2.24) is 4.90 Å². The molecule has 178 valence electrons. The number of aliphatic hydroxyl groups excluding tert-OH is 1. The van der Waals surface area contributed by atoms with Crippen LogP contribution in [0.15, 0.2) is 12.1 Å². The summed E-state index contributed by atoms with van der Waals surface area (Å²) in [5.41, 5.74) is 2.98. The van der Waals surface area contributed by atoms with Crippen LogP contribution in [-0.2, 0) is 28.9 Å². The average molecular weight is 475 g/mol. The van der Waals surface area contributed by atoms with Gasteiger partial charge < -0.3 is 24.6 Å². The van der Waals surface area contributed by atoms with Crippen molar-refractivity contribution in [3.05, 3.63) is 39.3 Å². The van der Waals surface area contributed by atoms with E-state index in [-0.39, 0.29) is 19.0 Å². The number of β-amino-alcohol motifs (C(OH)–C–C–N with tert-alkyl or cyclic N) is 1. The molecule has 0 saturated carbocycles. The van der Waals surface area contributed by atoms with Crippen LogP contribution >= 0.6 is 11.3 Å². The fraction of sp³-hybridized carbons (Fsp3) is 0.500. The summed E-state index contributed by atoms with van der Waals surface area (Å²) in [6, 6.07) is 3.57. The van der Waals surface area contributed by atoms with Gasteiger partial charge in [-0.15, -0.1) is 11.3 Å². The molecule has 1 aliphatic carbocycles. The highest BCUT2D eigenvalue weighted by atomic mass is 32.1. The number of esters is 1. The van der Waals surface area contributed by atoms with Gasteiger partial charge in [-0.2, -0.15) is 0 Å². The van der Waals surface area contributed by atoms with Gasteiger partial charge in [0.05, 0.1) is 39.5 Å². The van der Waals surface area contributed by atoms with Gasteiger partial charge >= 0.3 is 5.97 Å². The van der Waals surface area contributed by atoms with Gasteiger partial charge in [0.15, 0.2) is 0 Å². The molecule has 1 aromatic carbocycles. The Labute approximate surface area is 197 Å². The van der Waals surface area contributed by atoms with Gasteiger partial charge in [0.1, 0.15) is 16.5 Å². The minimum Gasteiger partial charge on any atom is -0.496 e. The molecule has 0 unspecified atom stereocenters. The van der Waals surface area contributed by atoms with Crippen LogP contribution in [0.3, 0.4) is 0 Å². The Morgan fingerprint density at radius 3 is 2.61 bits per heavy atom. The van der Waals surface area contributed by atoms with E-state index in [1.165, 1.54) is 18.4 Å². The number of benzene rings is 1. The van der Waals surface area contributed by atoms with E-state index >= 15 is 0 Å². The SMILES string of the molecule is COC(=O)c1c(NC(=O)CN2Cc3c(OC)ccc(OC)c3[C@H](O)C2)sc2c1CC[C@H](C)C2. The molecule has 0 bridgehead atoms. The molecule has 4 rings (SSSR count). The molecule has 2 heterocycles. The molecule has 9 heteroatoms. The first-order valence-corrected chi connectivity index (χ1v) is 11.8. The Bertz CT molecular complexity index is 1070. The van der Waals surface area contributed by atoms with E-state index in [0.717, 1.165) is 35.3 Å². The van der Waals surface area contributed by atoms with E-state index in [4.69, 9.17) is 14.2 Å². The van der Waals surface area contributed by atoms with Crippen molar-refractivity contribution in [1.29, 1.82) is 0 Å². The molecule has 1 amide bonds. The lowest BCUT2D eigenvalue weighted by Gasteiger charge is -2.33. The lowest BCUT2D eigenvalue weighted by Crippen LogP contribution is -2.39. The van der Waals surface area contributed by atoms with Gasteiger partial charge in [0, 0.05) is 29.1 Å². The zero-order valence-corrected chi connectivity index (χ0v) is 20.2. The first-order valence-electron chi connectivity index (χ1n) is 11.0. The van der Waals surface area contributed by atoms with E-state index in [0.29, 0.717) is 40.1 Å². The molecule has 0 spiro atoms. The van der Waals surface area contributed by atoms with Gasteiger partial charge in [-0.05, 0) is 42.9 Å². The third-order valence-electron chi connectivity index (χ3n) is 6.38. The number of carbonyl (C=O) groups excluding carboxylic acids is 2. The Hall–Kier alpha value is -2.62. The van der Waals surface area contributed by atoms with Gasteiger partial charge in [-0.1, -0.05) is 6.92 Å². The molecule has 2 N–H and O–H groups in total. The van der Waals surface area contributed by atoms with Crippen molar-refractivity contribution in [3.8, 4) is 11.5 Å². The fourth-order valence-electron chi connectivity index (χ4n) is 4.79. The van der Waals surface area contributed by atoms with Crippen molar-refractivity contribution in [3.63, 3.8) is 0 Å². The van der Waals surface area contributed by atoms with Crippen molar-refractivity contribution in [2.75, 3.05) is 39.7 Å². The second-order valence-electron chi connectivity index (χ2n) is 8.64. The summed E-state index contributed by atoms with van der Waals surface area (Å²) < 4.78 is 15.9. The van der Waals surface area contributed by atoms with Crippen LogP contribution < -0.4 is 14.8 Å². The smallest absolute Gasteiger partial charge is 0.341 e. The van der Waals surface area contributed by atoms with Crippen molar-refractivity contribution >= 4 is 28.2 Å². The number of amides is 1. The highest BCUT2D eigenvalue weighted by Crippen LogP contribution is 2.41. The maximum Gasteiger partial charge on any atom is 0.341 e. The lowest BCUT2D eigenvalue weighted by molar-refractivity contribution is -0.117. The molecule has 2 aliphatic rings. The Morgan fingerprint density at radius 1 is 1.18 bits per heavy atom. The zero-order valence-electron chi connectivity index (χ0n) is 19.4. The van der Waals surface area contributed by atoms with Gasteiger partial charge in [0.2, 0.25) is 5.91 Å². The number of ether oxygens (including phenoxy) is 3. The van der Waals surface area contributed by atoms with Crippen LogP contribution in [0.1, 0.15) is 51.4 Å². The minimum absolute atomic E-state index is 0.0659. The van der Waals surface area contributed by atoms with Gasteiger partial charge in [-0.3, -0.25) is 9.69 Å². The summed E-state index contributed by atoms with van der Waals surface area (Å²) in [5, 5.41) is 14.3. The van der Waals surface area contributed by atoms with E-state index in [9.17, 15) is 14.7 Å². The number of nitrogens with zero attached hydrogens (tertiary/aromatic N) is 1. The van der Waals surface area contributed by atoms with Gasteiger partial charge in [0.25, 0.3) is 0 Å². The molecule has 2 atom stereocenters. The summed E-state index contributed by atoms with van der Waals surface area (Å²) in [4.78, 5) is 28.5. The molecule has 1 aromatic heterocycles. The van der Waals surface area contributed by atoms with Crippen LogP contribution in [0.4, 0.5) is 5.00 Å². The summed E-state index contributed by atoms with van der Waals surface area (Å²) in [6.07, 6.45) is 1.91. The Balaban J connectivity index is 1.53. The molecule has 2 aromatic rings. The number of rotatable bonds is 6. The van der Waals surface area contributed by atoms with Crippen molar-refractivity contribution < 1.29 is 28.9 Å². The number of nitrogens with one attached hydrogen (secondary N) is 1. The summed E-state index contributed by atoms with van der Waals surface area (Å²) >= 11 is 1.46. The number of thiophene rings is 1. The topological polar surface area (TPSA) is 97.3 Å². The van der Waals surface area contributed by atoms with Crippen LogP contribution in [0.25, 0.3) is 0 Å². The quantitative estimate of drug-likeness (QED) is 0.621. The molecule has 33 heavy (non-hydrogen) atoms. The molecular weight excluding hydrogens is 444 g/mol. The first-order chi connectivity index (χ1) is 15.9. The fourth-order valence-corrected chi connectivity index (χ4v) is 6.21. The van der Waals surface area contributed by atoms with E-state index < -0.39 is 12.1 Å². The summed E-state index contributed by atoms with van der Waals surface area (Å²) in [5.74, 6) is 1.12. The predicted molar refractivity (Wildman–Crippen MR) is 125 cm³/mol. The van der Waals surface area contributed by atoms with Crippen LogP contribution in [0.5, 0.6) is 11.5 Å². The second-order valence-corrected chi connectivity index (χ2v) is 9.75. The number of aliphatic hydroxyl groups is 1. The monoisotopic (exact) mass is 474 g/mol. The normalized spacial score (nSPS) is 19.9. The third-order valence-corrected chi connectivity index (χ3v) is 7.55. The number of methoxy groups -OCH3 is 3. The lowest BCUT2D eigenvalue weighted by atomic mass is 9.88. The maximum atomic E-state index is 13.0. The number of hydrogen-bond donors (Lipinski definition) is 2. The predicted octanol–water partition coefficient (Wildman–Crippen LogP) is 3.16. The number of hydrogen-bond acceptors (Lipinski definition) is 8. The van der Waals surface area contributed by atoms with Crippen molar-refractivity contribution in [2.24, 2.45) is 5.92 Å². The van der Waals surface area contributed by atoms with Crippen LogP contribution in [0, 0.1) is 5.92 Å². The van der Waals surface area contributed by atoms with Gasteiger partial charge in [-0.25, -0.2) is 4.79 Å². The Morgan fingerprint density at radius 2 is 1.91 bits per heavy atom. The third kappa shape index (κ3) is 4.58. The number of fused-ring (bicyclic) bond motifs is 2. The standard InChI is InChI=1S/C24H30N2O6S/c1-13-5-6-14-19(9-13)33-23(22(14)24(29)32-4)25-20(28)12-26-10-15-17(30-2)7-8-18(31-3)21(15)16(27)11-26/h7-8,13,16,27H,5-6,9-12H2,1-4H3,(H,25,28)/t13-,16+/m0/s1. The molecule has 8 nitrogen and oxygen atoms in total. The molecule has 1 aliphatic heterocycles. The van der Waals surface area contributed by atoms with Crippen molar-refractivity contribution in [2.45, 2.75) is 38.8 Å². The minimum atomic E-state index is -0.812. The molecule has 0 fully saturated rings. The van der Waals surface area contributed by atoms with Crippen LogP contribution in [-0.4, -0.2) is 56.3 Å². The first kappa shape index (κ1) is 23.5. The highest BCUT2D eigenvalue weighted by Gasteiger charge is 2.32. The van der Waals surface area contributed by atoms with E-state index in [2.05, 4.69) is 12.2 Å². The van der Waals surface area contributed by atoms with Crippen LogP contribution in [0.2, 0.25) is 0 Å². The largest absolute Gasteiger partial charge is 0.496 e. The summed E-state index contributed by atoms with van der Waals surface area (Å²) in [6.45, 7) is 2.98. The van der Waals surface area contributed by atoms with E-state index in [1.807, 2.05) is 4.90 Å². The number of anilines is 1. The number of carbonyl (C=O) groups is 2. The summed E-state index contributed by atoms with van der Waals surface area (Å²) in [7, 11) is 4.50. The second kappa shape index (κ2) is 9.70. The average Bonchev–Trinajstić information content (AvgIpc) is 3.14. The Kier molecular flexibility index (Phi) is 6.92.